The Morgan fingerprint density at radius 2 is 1.51 bits per heavy atom. The Balaban J connectivity index is 1.62. The molecular weight excluding hydrogens is 646 g/mol. The van der Waals surface area contributed by atoms with Crippen molar-refractivity contribution in [3.8, 4) is 5.75 Å². The van der Waals surface area contributed by atoms with E-state index >= 15 is 8.78 Å². The van der Waals surface area contributed by atoms with Crippen LogP contribution in [0.4, 0.5) is 27.6 Å². The number of allylic oxidation sites excluding steroid dienone is 2. The first-order valence-electron chi connectivity index (χ1n) is 12.9. The summed E-state index contributed by atoms with van der Waals surface area (Å²) in [6.07, 6.45) is 0.975. The summed E-state index contributed by atoms with van der Waals surface area (Å²) in [6.45, 7) is 1.64. The second-order valence-electron chi connectivity index (χ2n) is 10.8. The number of anilines is 1. The maximum absolute atomic E-state index is 15.0. The van der Waals surface area contributed by atoms with Crippen molar-refractivity contribution in [1.82, 2.24) is 4.90 Å². The molecule has 2 heterocycles. The van der Waals surface area contributed by atoms with Crippen molar-refractivity contribution in [2.75, 3.05) is 11.4 Å². The normalized spacial score (nSPS) is 31.8. The SMILES string of the molecule is CCN1C(=O)C2CC=C3C(CC4(Cl)C(=O)N(c5c(F)c(F)c(F)c(F)c5F)C(=O)C4(Cl)C3c3ccc(O)cc3Cl)C2C1=O. The zero-order valence-corrected chi connectivity index (χ0v) is 24.0. The standard InChI is InChI=1S/C28H18Cl3F5N2O5/c1-2-37-23(40)12-6-5-10-13(15(12)24(37)41)8-27(30)25(42)38(22-20(35)18(33)17(32)19(34)21(22)36)26(43)28(27,31)16(10)11-4-3-9(39)7-14(11)29/h3-5,7,12-13,15-16,39H,2,6,8H2,1H3. The smallest absolute Gasteiger partial charge is 0.258 e. The summed E-state index contributed by atoms with van der Waals surface area (Å²) in [4.78, 5) is 50.1. The van der Waals surface area contributed by atoms with Gasteiger partial charge in [-0.2, -0.15) is 0 Å². The van der Waals surface area contributed by atoms with Gasteiger partial charge in [0, 0.05) is 17.5 Å². The molecule has 1 N–H and O–H groups in total. The molecule has 7 nitrogen and oxygen atoms in total. The lowest BCUT2D eigenvalue weighted by atomic mass is 9.56. The van der Waals surface area contributed by atoms with Gasteiger partial charge in [-0.25, -0.2) is 26.9 Å². The highest BCUT2D eigenvalue weighted by molar-refractivity contribution is 6.58. The van der Waals surface area contributed by atoms with Crippen LogP contribution in [0.5, 0.6) is 5.75 Å². The molecule has 3 fully saturated rings. The minimum Gasteiger partial charge on any atom is -0.508 e. The molecule has 1 saturated carbocycles. The number of benzene rings is 2. The van der Waals surface area contributed by atoms with Gasteiger partial charge in [-0.1, -0.05) is 29.3 Å². The summed E-state index contributed by atoms with van der Waals surface area (Å²) in [5.41, 5.74) is -1.59. The van der Waals surface area contributed by atoms with E-state index in [1.54, 1.807) is 13.0 Å². The fraction of sp³-hybridized carbons (Fsp3) is 0.357. The molecule has 2 aromatic rings. The highest BCUT2D eigenvalue weighted by Crippen LogP contribution is 2.66. The summed E-state index contributed by atoms with van der Waals surface area (Å²) in [6, 6.07) is 3.53. The molecule has 6 unspecified atom stereocenters. The molecule has 43 heavy (non-hydrogen) atoms. The molecule has 0 aromatic heterocycles. The number of hydrogen-bond donors (Lipinski definition) is 1. The van der Waals surface area contributed by atoms with Crippen molar-refractivity contribution in [3.05, 3.63) is 69.5 Å². The minimum atomic E-state index is -2.68. The molecule has 2 aromatic carbocycles. The van der Waals surface area contributed by atoms with Crippen LogP contribution in [0.1, 0.15) is 31.2 Å². The van der Waals surface area contributed by atoms with Crippen LogP contribution in [0.3, 0.4) is 0 Å². The fourth-order valence-electron chi connectivity index (χ4n) is 7.04. The first-order chi connectivity index (χ1) is 20.1. The molecular formula is C28H18Cl3F5N2O5. The number of phenolic OH excluding ortho intramolecular Hbond substituents is 1. The number of rotatable bonds is 3. The molecule has 2 saturated heterocycles. The number of phenols is 1. The van der Waals surface area contributed by atoms with Crippen LogP contribution < -0.4 is 4.90 Å². The summed E-state index contributed by atoms with van der Waals surface area (Å²) in [7, 11) is 0. The van der Waals surface area contributed by atoms with Gasteiger partial charge in [0.2, 0.25) is 17.6 Å². The van der Waals surface area contributed by atoms with Crippen molar-refractivity contribution in [1.29, 1.82) is 0 Å². The molecule has 6 atom stereocenters. The van der Waals surface area contributed by atoms with E-state index in [1.807, 2.05) is 0 Å². The first kappa shape index (κ1) is 29.8. The van der Waals surface area contributed by atoms with E-state index < -0.39 is 98.2 Å². The van der Waals surface area contributed by atoms with E-state index in [4.69, 9.17) is 34.8 Å². The van der Waals surface area contributed by atoms with Crippen LogP contribution >= 0.6 is 34.8 Å². The first-order valence-corrected chi connectivity index (χ1v) is 14.1. The molecule has 226 valence electrons. The zero-order valence-electron chi connectivity index (χ0n) is 21.7. The van der Waals surface area contributed by atoms with Gasteiger partial charge in [-0.05, 0) is 43.4 Å². The number of amides is 4. The van der Waals surface area contributed by atoms with Gasteiger partial charge in [0.05, 0.1) is 11.8 Å². The van der Waals surface area contributed by atoms with Crippen molar-refractivity contribution in [3.63, 3.8) is 0 Å². The number of fused-ring (bicyclic) bond motifs is 4. The molecule has 6 rings (SSSR count). The van der Waals surface area contributed by atoms with Crippen LogP contribution in [-0.2, 0) is 19.2 Å². The lowest BCUT2D eigenvalue weighted by Crippen LogP contribution is -2.60. The van der Waals surface area contributed by atoms with E-state index in [9.17, 15) is 37.5 Å². The van der Waals surface area contributed by atoms with Gasteiger partial charge in [-0.15, -0.1) is 23.2 Å². The van der Waals surface area contributed by atoms with E-state index in [-0.39, 0.29) is 39.8 Å². The number of hydrogen-bond acceptors (Lipinski definition) is 5. The summed E-state index contributed by atoms with van der Waals surface area (Å²) >= 11 is 20.4. The monoisotopic (exact) mass is 662 g/mol. The highest BCUT2D eigenvalue weighted by atomic mass is 35.5. The third kappa shape index (κ3) is 3.60. The zero-order chi connectivity index (χ0) is 31.5. The fourth-order valence-corrected chi connectivity index (χ4v) is 8.25. The van der Waals surface area contributed by atoms with Crippen molar-refractivity contribution < 1.29 is 46.2 Å². The Labute approximate surface area is 254 Å². The Morgan fingerprint density at radius 3 is 2.09 bits per heavy atom. The number of alkyl halides is 2. The van der Waals surface area contributed by atoms with Crippen molar-refractivity contribution in [2.45, 2.75) is 35.4 Å². The number of likely N-dealkylation sites (tertiary alicyclic amines) is 1. The molecule has 0 radical (unpaired) electrons. The Hall–Kier alpha value is -3.22. The Morgan fingerprint density at radius 1 is 0.907 bits per heavy atom. The Kier molecular flexibility index (Phi) is 6.69. The molecule has 2 aliphatic carbocycles. The number of carbonyl (C=O) groups is 4. The van der Waals surface area contributed by atoms with Crippen LogP contribution in [0.2, 0.25) is 5.02 Å². The summed E-state index contributed by atoms with van der Waals surface area (Å²) in [5, 5.41) is 9.80. The van der Waals surface area contributed by atoms with E-state index in [0.717, 1.165) is 11.0 Å². The number of halogens is 8. The van der Waals surface area contributed by atoms with Gasteiger partial charge < -0.3 is 5.11 Å². The lowest BCUT2D eigenvalue weighted by Gasteiger charge is -2.50. The number of imide groups is 2. The second kappa shape index (κ2) is 9.64. The third-order valence-electron chi connectivity index (χ3n) is 8.92. The maximum atomic E-state index is 15.0. The van der Waals surface area contributed by atoms with Gasteiger partial charge in [0.1, 0.15) is 11.4 Å². The predicted molar refractivity (Wildman–Crippen MR) is 142 cm³/mol. The van der Waals surface area contributed by atoms with Crippen LogP contribution in [-0.4, -0.2) is 49.9 Å². The average Bonchev–Trinajstić information content (AvgIpc) is 3.29. The number of carbonyl (C=O) groups excluding carboxylic acids is 4. The summed E-state index contributed by atoms with van der Waals surface area (Å²) in [5.74, 6) is -21.3. The van der Waals surface area contributed by atoms with Gasteiger partial charge in [-0.3, -0.25) is 24.1 Å². The van der Waals surface area contributed by atoms with Gasteiger partial charge in [0.15, 0.2) is 33.0 Å². The minimum absolute atomic E-state index is 0.0124. The van der Waals surface area contributed by atoms with Crippen LogP contribution in [0.25, 0.3) is 0 Å². The molecule has 4 aliphatic rings. The van der Waals surface area contributed by atoms with Gasteiger partial charge >= 0.3 is 0 Å². The predicted octanol–water partition coefficient (Wildman–Crippen LogP) is 5.32. The van der Waals surface area contributed by atoms with Gasteiger partial charge in [0.25, 0.3) is 11.8 Å². The second-order valence-corrected chi connectivity index (χ2v) is 12.5. The maximum Gasteiger partial charge on any atom is 0.258 e. The molecule has 0 bridgehead atoms. The molecule has 4 amide bonds. The van der Waals surface area contributed by atoms with Crippen LogP contribution in [0, 0.1) is 46.8 Å². The van der Waals surface area contributed by atoms with E-state index in [2.05, 4.69) is 0 Å². The number of nitrogens with zero attached hydrogens (tertiary/aromatic N) is 2. The molecule has 2 aliphatic heterocycles. The summed E-state index contributed by atoms with van der Waals surface area (Å²) < 4.78 is 72.4. The van der Waals surface area contributed by atoms with Crippen molar-refractivity contribution in [2.24, 2.45) is 17.8 Å². The molecule has 15 heteroatoms. The van der Waals surface area contributed by atoms with Crippen molar-refractivity contribution >= 4 is 64.1 Å². The van der Waals surface area contributed by atoms with E-state index in [1.165, 1.54) is 12.1 Å². The lowest BCUT2D eigenvalue weighted by molar-refractivity contribution is -0.140. The largest absolute Gasteiger partial charge is 0.508 e. The Bertz CT molecular complexity index is 1690. The number of aromatic hydroxyl groups is 1. The van der Waals surface area contributed by atoms with E-state index in [0.29, 0.717) is 0 Å². The quantitative estimate of drug-likeness (QED) is 0.120. The third-order valence-corrected chi connectivity index (χ3v) is 10.7. The average molecular weight is 664 g/mol. The topological polar surface area (TPSA) is 95.0 Å². The highest BCUT2D eigenvalue weighted by Gasteiger charge is 2.77. The molecule has 0 spiro atoms. The van der Waals surface area contributed by atoms with Crippen LogP contribution in [0.15, 0.2) is 29.8 Å².